The zero-order valence-electron chi connectivity index (χ0n) is 10.8. The van der Waals surface area contributed by atoms with Crippen molar-refractivity contribution in [2.45, 2.75) is 23.3 Å². The molecule has 1 aliphatic rings. The first kappa shape index (κ1) is 16.0. The van der Waals surface area contributed by atoms with Crippen LogP contribution in [-0.2, 0) is 20.6 Å². The molecule has 0 saturated carbocycles. The van der Waals surface area contributed by atoms with Crippen molar-refractivity contribution in [3.8, 4) is 0 Å². The van der Waals surface area contributed by atoms with E-state index in [2.05, 4.69) is 0 Å². The quantitative estimate of drug-likeness (QED) is 0.791. The molecule has 0 amide bonds. The maximum absolute atomic E-state index is 13.7. The highest BCUT2D eigenvalue weighted by Gasteiger charge is 2.33. The lowest BCUT2D eigenvalue weighted by atomic mass is 10.2. The van der Waals surface area contributed by atoms with Crippen LogP contribution in [0.3, 0.4) is 0 Å². The highest BCUT2D eigenvalue weighted by molar-refractivity contribution is 7.89. The molecule has 0 aliphatic carbocycles. The largest absolute Gasteiger partial charge is 0.380 e. The van der Waals surface area contributed by atoms with Crippen LogP contribution < -0.4 is 0 Å². The number of benzene rings is 1. The van der Waals surface area contributed by atoms with Crippen molar-refractivity contribution in [3.05, 3.63) is 28.5 Å². The minimum absolute atomic E-state index is 0.0557. The highest BCUT2D eigenvalue weighted by Crippen LogP contribution is 2.29. The van der Waals surface area contributed by atoms with Crippen LogP contribution in [0.15, 0.2) is 17.0 Å². The summed E-state index contributed by atoms with van der Waals surface area (Å²) in [7, 11) is -2.22. The second-order valence-electron chi connectivity index (χ2n) is 4.52. The maximum Gasteiger partial charge on any atom is 0.243 e. The number of sulfonamides is 1. The van der Waals surface area contributed by atoms with E-state index in [0.29, 0.717) is 13.0 Å². The van der Waals surface area contributed by atoms with E-state index in [0.717, 1.165) is 6.07 Å². The van der Waals surface area contributed by atoms with E-state index in [-0.39, 0.29) is 34.0 Å². The molecule has 1 saturated heterocycles. The van der Waals surface area contributed by atoms with Gasteiger partial charge < -0.3 is 4.74 Å². The molecule has 0 radical (unpaired) electrons. The lowest BCUT2D eigenvalue weighted by Crippen LogP contribution is -2.30. The number of methoxy groups -OCH3 is 1. The Labute approximate surface area is 127 Å². The molecule has 20 heavy (non-hydrogen) atoms. The zero-order valence-corrected chi connectivity index (χ0v) is 13.1. The molecule has 1 aromatic rings. The van der Waals surface area contributed by atoms with Gasteiger partial charge in [-0.05, 0) is 24.1 Å². The standard InChI is InChI=1S/C12H14Cl2FNO3S/c1-19-9-2-3-16(7-9)20(17,18)10-4-8(6-13)12(14)11(15)5-10/h4-5,9H,2-3,6-7H2,1H3. The van der Waals surface area contributed by atoms with Crippen LogP contribution in [0.4, 0.5) is 4.39 Å². The topological polar surface area (TPSA) is 46.6 Å². The molecule has 4 nitrogen and oxygen atoms in total. The second kappa shape index (κ2) is 6.15. The molecule has 0 aromatic heterocycles. The Morgan fingerprint density at radius 3 is 2.75 bits per heavy atom. The number of alkyl halides is 1. The summed E-state index contributed by atoms with van der Waals surface area (Å²) < 4.78 is 45.0. The van der Waals surface area contributed by atoms with Crippen molar-refractivity contribution < 1.29 is 17.5 Å². The van der Waals surface area contributed by atoms with Crippen molar-refractivity contribution in [3.63, 3.8) is 0 Å². The SMILES string of the molecule is COC1CCN(S(=O)(=O)c2cc(F)c(Cl)c(CCl)c2)C1. The summed E-state index contributed by atoms with van der Waals surface area (Å²) in [6, 6.07) is 2.24. The van der Waals surface area contributed by atoms with Crippen LogP contribution in [-0.4, -0.2) is 39.0 Å². The van der Waals surface area contributed by atoms with Crippen molar-refractivity contribution in [1.29, 1.82) is 0 Å². The Morgan fingerprint density at radius 1 is 1.50 bits per heavy atom. The van der Waals surface area contributed by atoms with Gasteiger partial charge in [0.2, 0.25) is 10.0 Å². The van der Waals surface area contributed by atoms with E-state index in [1.54, 1.807) is 0 Å². The van der Waals surface area contributed by atoms with Crippen LogP contribution in [0, 0.1) is 5.82 Å². The Kier molecular flexibility index (Phi) is 4.92. The normalized spacial score (nSPS) is 20.5. The lowest BCUT2D eigenvalue weighted by Gasteiger charge is -2.17. The molecule has 1 fully saturated rings. The molecule has 8 heteroatoms. The van der Waals surface area contributed by atoms with Crippen molar-refractivity contribution in [2.24, 2.45) is 0 Å². The van der Waals surface area contributed by atoms with Gasteiger partial charge in [-0.15, -0.1) is 11.6 Å². The Morgan fingerprint density at radius 2 is 2.20 bits per heavy atom. The molecule has 1 aliphatic heterocycles. The molecule has 0 N–H and O–H groups in total. The Balaban J connectivity index is 2.38. The molecule has 1 unspecified atom stereocenters. The number of rotatable bonds is 4. The number of halogens is 3. The van der Waals surface area contributed by atoms with Crippen molar-refractivity contribution in [1.82, 2.24) is 4.31 Å². The highest BCUT2D eigenvalue weighted by atomic mass is 35.5. The first-order valence-corrected chi connectivity index (χ1v) is 8.32. The van der Waals surface area contributed by atoms with Crippen LogP contribution in [0.1, 0.15) is 12.0 Å². The van der Waals surface area contributed by atoms with Gasteiger partial charge in [0.25, 0.3) is 0 Å². The van der Waals surface area contributed by atoms with Gasteiger partial charge >= 0.3 is 0 Å². The van der Waals surface area contributed by atoms with Crippen molar-refractivity contribution >= 4 is 33.2 Å². The molecular weight excluding hydrogens is 328 g/mol. The summed E-state index contributed by atoms with van der Waals surface area (Å²) in [6.45, 7) is 0.612. The van der Waals surface area contributed by atoms with Gasteiger partial charge in [-0.1, -0.05) is 11.6 Å². The molecule has 1 aromatic carbocycles. The Bertz CT molecular complexity index is 609. The number of nitrogens with zero attached hydrogens (tertiary/aromatic N) is 1. The lowest BCUT2D eigenvalue weighted by molar-refractivity contribution is 0.115. The molecule has 112 valence electrons. The number of hydrogen-bond acceptors (Lipinski definition) is 3. The van der Waals surface area contributed by atoms with Gasteiger partial charge in [0, 0.05) is 26.1 Å². The molecular formula is C12H14Cl2FNO3S. The molecule has 2 rings (SSSR count). The van der Waals surface area contributed by atoms with Gasteiger partial charge in [-0.3, -0.25) is 0 Å². The summed E-state index contributed by atoms with van der Waals surface area (Å²) in [5.74, 6) is -0.842. The van der Waals surface area contributed by atoms with Gasteiger partial charge in [-0.2, -0.15) is 4.31 Å². The van der Waals surface area contributed by atoms with Crippen LogP contribution in [0.25, 0.3) is 0 Å². The van der Waals surface area contributed by atoms with E-state index in [4.69, 9.17) is 27.9 Å². The number of hydrogen-bond donors (Lipinski definition) is 0. The third-order valence-electron chi connectivity index (χ3n) is 3.30. The van der Waals surface area contributed by atoms with Crippen LogP contribution in [0.5, 0.6) is 0 Å². The van der Waals surface area contributed by atoms with E-state index in [1.807, 2.05) is 0 Å². The first-order valence-electron chi connectivity index (χ1n) is 5.97. The fraction of sp³-hybridized carbons (Fsp3) is 0.500. The summed E-state index contributed by atoms with van der Waals surface area (Å²) in [5, 5.41) is -0.143. The predicted molar refractivity (Wildman–Crippen MR) is 75.1 cm³/mol. The van der Waals surface area contributed by atoms with E-state index >= 15 is 0 Å². The van der Waals surface area contributed by atoms with Crippen molar-refractivity contribution in [2.75, 3.05) is 20.2 Å². The van der Waals surface area contributed by atoms with Gasteiger partial charge in [0.05, 0.1) is 16.0 Å². The summed E-state index contributed by atoms with van der Waals surface area (Å²) in [6.07, 6.45) is 0.489. The fourth-order valence-corrected chi connectivity index (χ4v) is 4.13. The first-order chi connectivity index (χ1) is 9.40. The van der Waals surface area contributed by atoms with Crippen LogP contribution in [0.2, 0.25) is 5.02 Å². The third kappa shape index (κ3) is 2.94. The summed E-state index contributed by atoms with van der Waals surface area (Å²) >= 11 is 11.4. The van der Waals surface area contributed by atoms with E-state index < -0.39 is 15.8 Å². The molecule has 1 atom stereocenters. The minimum atomic E-state index is -3.76. The van der Waals surface area contributed by atoms with Gasteiger partial charge in [0.15, 0.2) is 0 Å². The number of ether oxygens (including phenoxy) is 1. The zero-order chi connectivity index (χ0) is 14.9. The average Bonchev–Trinajstić information content (AvgIpc) is 2.91. The van der Waals surface area contributed by atoms with Gasteiger partial charge in [0.1, 0.15) is 5.82 Å². The molecule has 0 bridgehead atoms. The van der Waals surface area contributed by atoms with Crippen LogP contribution >= 0.6 is 23.2 Å². The molecule has 0 spiro atoms. The van der Waals surface area contributed by atoms with Gasteiger partial charge in [-0.25, -0.2) is 12.8 Å². The maximum atomic E-state index is 13.7. The fourth-order valence-electron chi connectivity index (χ4n) is 2.12. The van der Waals surface area contributed by atoms with E-state index in [1.165, 1.54) is 17.5 Å². The second-order valence-corrected chi connectivity index (χ2v) is 7.10. The predicted octanol–water partition coefficient (Wildman–Crippen LogP) is 2.63. The Hall–Kier alpha value is -0.400. The molecule has 1 heterocycles. The third-order valence-corrected chi connectivity index (χ3v) is 5.85. The smallest absolute Gasteiger partial charge is 0.243 e. The van der Waals surface area contributed by atoms with E-state index in [9.17, 15) is 12.8 Å². The summed E-state index contributed by atoms with van der Waals surface area (Å²) in [5.41, 5.74) is 0.259. The summed E-state index contributed by atoms with van der Waals surface area (Å²) in [4.78, 5) is -0.133. The average molecular weight is 342 g/mol. The minimum Gasteiger partial charge on any atom is -0.380 e. The monoisotopic (exact) mass is 341 g/mol.